The van der Waals surface area contributed by atoms with Crippen LogP contribution in [0.25, 0.3) is 0 Å². The summed E-state index contributed by atoms with van der Waals surface area (Å²) >= 11 is 0. The van der Waals surface area contributed by atoms with Gasteiger partial charge in [-0.1, -0.05) is 13.3 Å². The SMILES string of the molecule is CCCC1CCC(OC(C)=O)C(O)N1C(=O)OC. The van der Waals surface area contributed by atoms with E-state index >= 15 is 0 Å². The Bertz CT molecular complexity index is 307. The van der Waals surface area contributed by atoms with Gasteiger partial charge in [0.25, 0.3) is 0 Å². The van der Waals surface area contributed by atoms with Crippen molar-refractivity contribution in [3.05, 3.63) is 0 Å². The number of rotatable bonds is 3. The maximum absolute atomic E-state index is 11.7. The van der Waals surface area contributed by atoms with Crippen LogP contribution >= 0.6 is 0 Å². The average molecular weight is 259 g/mol. The Morgan fingerprint density at radius 3 is 2.56 bits per heavy atom. The van der Waals surface area contributed by atoms with Crippen molar-refractivity contribution in [2.24, 2.45) is 0 Å². The summed E-state index contributed by atoms with van der Waals surface area (Å²) in [6.07, 6.45) is 0.554. The van der Waals surface area contributed by atoms with E-state index in [1.807, 2.05) is 6.92 Å². The maximum atomic E-state index is 11.7. The zero-order valence-corrected chi connectivity index (χ0v) is 11.1. The summed E-state index contributed by atoms with van der Waals surface area (Å²) in [5.74, 6) is -0.460. The minimum atomic E-state index is -1.13. The van der Waals surface area contributed by atoms with Gasteiger partial charge < -0.3 is 14.6 Å². The van der Waals surface area contributed by atoms with Gasteiger partial charge in [0.1, 0.15) is 6.10 Å². The quantitative estimate of drug-likeness (QED) is 0.772. The van der Waals surface area contributed by atoms with Gasteiger partial charge in [0, 0.05) is 13.0 Å². The van der Waals surface area contributed by atoms with Crippen LogP contribution in [0.4, 0.5) is 4.79 Å². The number of carbonyl (C=O) groups is 2. The molecule has 0 aromatic heterocycles. The van der Waals surface area contributed by atoms with E-state index in [4.69, 9.17) is 4.74 Å². The number of nitrogens with zero attached hydrogens (tertiary/aromatic N) is 1. The molecule has 0 aromatic carbocycles. The molecule has 1 saturated heterocycles. The molecule has 0 bridgehead atoms. The fourth-order valence-electron chi connectivity index (χ4n) is 2.35. The molecule has 0 radical (unpaired) electrons. The van der Waals surface area contributed by atoms with Gasteiger partial charge in [-0.2, -0.15) is 0 Å². The first kappa shape index (κ1) is 14.8. The highest BCUT2D eigenvalue weighted by Gasteiger charge is 2.40. The van der Waals surface area contributed by atoms with E-state index < -0.39 is 24.4 Å². The number of hydrogen-bond donors (Lipinski definition) is 1. The van der Waals surface area contributed by atoms with Crippen molar-refractivity contribution in [2.45, 2.75) is 57.9 Å². The molecule has 104 valence electrons. The van der Waals surface area contributed by atoms with Crippen molar-refractivity contribution in [1.29, 1.82) is 0 Å². The highest BCUT2D eigenvalue weighted by atomic mass is 16.6. The Kier molecular flexibility index (Phi) is 5.40. The molecule has 0 spiro atoms. The van der Waals surface area contributed by atoms with Crippen LogP contribution in [0.3, 0.4) is 0 Å². The number of amides is 1. The van der Waals surface area contributed by atoms with Crippen LogP contribution in [-0.2, 0) is 14.3 Å². The Balaban J connectivity index is 2.80. The normalized spacial score (nSPS) is 27.8. The molecule has 1 aliphatic heterocycles. The molecule has 6 nitrogen and oxygen atoms in total. The number of aliphatic hydroxyl groups is 1. The molecule has 3 unspecified atom stereocenters. The minimum Gasteiger partial charge on any atom is -0.458 e. The van der Waals surface area contributed by atoms with Gasteiger partial charge in [-0.15, -0.1) is 0 Å². The lowest BCUT2D eigenvalue weighted by atomic mass is 9.95. The molecule has 18 heavy (non-hydrogen) atoms. The average Bonchev–Trinajstić information content (AvgIpc) is 2.32. The first-order chi connectivity index (χ1) is 8.51. The molecule has 0 aliphatic carbocycles. The van der Waals surface area contributed by atoms with Gasteiger partial charge >= 0.3 is 12.1 Å². The topological polar surface area (TPSA) is 76.1 Å². The number of carbonyl (C=O) groups excluding carboxylic acids is 2. The number of hydrogen-bond acceptors (Lipinski definition) is 5. The Labute approximate surface area is 107 Å². The maximum Gasteiger partial charge on any atom is 0.411 e. The number of methoxy groups -OCH3 is 1. The molecule has 1 N–H and O–H groups in total. The van der Waals surface area contributed by atoms with Crippen molar-refractivity contribution < 1.29 is 24.2 Å². The van der Waals surface area contributed by atoms with Crippen molar-refractivity contribution in [2.75, 3.05) is 7.11 Å². The Morgan fingerprint density at radius 1 is 1.39 bits per heavy atom. The van der Waals surface area contributed by atoms with Crippen LogP contribution in [0.1, 0.15) is 39.5 Å². The second-order valence-corrected chi connectivity index (χ2v) is 4.46. The number of ether oxygens (including phenoxy) is 2. The number of esters is 1. The molecule has 1 aliphatic rings. The number of piperidine rings is 1. The van der Waals surface area contributed by atoms with Crippen LogP contribution in [0, 0.1) is 0 Å². The molecule has 1 rings (SSSR count). The van der Waals surface area contributed by atoms with E-state index in [1.165, 1.54) is 18.9 Å². The second kappa shape index (κ2) is 6.58. The van der Waals surface area contributed by atoms with Gasteiger partial charge in [0.15, 0.2) is 6.23 Å². The van der Waals surface area contributed by atoms with E-state index in [0.717, 1.165) is 12.8 Å². The summed E-state index contributed by atoms with van der Waals surface area (Å²) in [5, 5.41) is 10.1. The zero-order chi connectivity index (χ0) is 13.7. The van der Waals surface area contributed by atoms with Gasteiger partial charge in [-0.25, -0.2) is 4.79 Å². The second-order valence-electron chi connectivity index (χ2n) is 4.46. The summed E-state index contributed by atoms with van der Waals surface area (Å²) < 4.78 is 9.69. The molecule has 1 heterocycles. The van der Waals surface area contributed by atoms with E-state index in [2.05, 4.69) is 4.74 Å². The Hall–Kier alpha value is -1.30. The van der Waals surface area contributed by atoms with Crippen LogP contribution < -0.4 is 0 Å². The minimum absolute atomic E-state index is 0.0655. The summed E-state index contributed by atoms with van der Waals surface area (Å²) in [7, 11) is 1.27. The number of aliphatic hydroxyl groups excluding tert-OH is 1. The first-order valence-electron chi connectivity index (χ1n) is 6.22. The van der Waals surface area contributed by atoms with Gasteiger partial charge in [-0.3, -0.25) is 9.69 Å². The molecule has 0 saturated carbocycles. The fourth-order valence-corrected chi connectivity index (χ4v) is 2.35. The third-order valence-electron chi connectivity index (χ3n) is 3.12. The first-order valence-corrected chi connectivity index (χ1v) is 6.22. The summed E-state index contributed by atoms with van der Waals surface area (Å²) in [6.45, 7) is 3.30. The molecule has 1 fully saturated rings. The van der Waals surface area contributed by atoms with Crippen molar-refractivity contribution in [1.82, 2.24) is 4.90 Å². The third-order valence-corrected chi connectivity index (χ3v) is 3.12. The van der Waals surface area contributed by atoms with Gasteiger partial charge in [0.05, 0.1) is 7.11 Å². The zero-order valence-electron chi connectivity index (χ0n) is 11.1. The lowest BCUT2D eigenvalue weighted by molar-refractivity contribution is -0.171. The smallest absolute Gasteiger partial charge is 0.411 e. The standard InChI is InChI=1S/C12H21NO5/c1-4-5-9-6-7-10(18-8(2)14)11(15)13(9)12(16)17-3/h9-11,15H,4-7H2,1-3H3. The summed E-state index contributed by atoms with van der Waals surface area (Å²) in [6, 6.07) is -0.0655. The van der Waals surface area contributed by atoms with Gasteiger partial charge in [0.2, 0.25) is 0 Å². The molecule has 3 atom stereocenters. The third kappa shape index (κ3) is 3.35. The highest BCUT2D eigenvalue weighted by molar-refractivity contribution is 5.69. The fraction of sp³-hybridized carbons (Fsp3) is 0.833. The predicted octanol–water partition coefficient (Wildman–Crippen LogP) is 1.27. The molecule has 1 amide bonds. The van der Waals surface area contributed by atoms with Crippen molar-refractivity contribution >= 4 is 12.1 Å². The number of likely N-dealkylation sites (tertiary alicyclic amines) is 1. The summed E-state index contributed by atoms with van der Waals surface area (Å²) in [5.41, 5.74) is 0. The Morgan fingerprint density at radius 2 is 2.06 bits per heavy atom. The van der Waals surface area contributed by atoms with Crippen molar-refractivity contribution in [3.8, 4) is 0 Å². The monoisotopic (exact) mass is 259 g/mol. The van der Waals surface area contributed by atoms with E-state index in [1.54, 1.807) is 0 Å². The van der Waals surface area contributed by atoms with Crippen LogP contribution in [-0.4, -0.2) is 47.6 Å². The van der Waals surface area contributed by atoms with E-state index in [0.29, 0.717) is 12.8 Å². The van der Waals surface area contributed by atoms with Crippen molar-refractivity contribution in [3.63, 3.8) is 0 Å². The van der Waals surface area contributed by atoms with E-state index in [-0.39, 0.29) is 6.04 Å². The predicted molar refractivity (Wildman–Crippen MR) is 63.7 cm³/mol. The molecule has 6 heteroatoms. The van der Waals surface area contributed by atoms with Crippen LogP contribution in [0.5, 0.6) is 0 Å². The molecular formula is C12H21NO5. The van der Waals surface area contributed by atoms with Gasteiger partial charge in [-0.05, 0) is 19.3 Å². The summed E-state index contributed by atoms with van der Waals surface area (Å²) in [4.78, 5) is 23.9. The van der Waals surface area contributed by atoms with Crippen LogP contribution in [0.15, 0.2) is 0 Å². The molecular weight excluding hydrogens is 238 g/mol. The van der Waals surface area contributed by atoms with E-state index in [9.17, 15) is 14.7 Å². The lowest BCUT2D eigenvalue weighted by Gasteiger charge is -2.42. The lowest BCUT2D eigenvalue weighted by Crippen LogP contribution is -2.56. The molecule has 0 aromatic rings. The largest absolute Gasteiger partial charge is 0.458 e. The van der Waals surface area contributed by atoms with Crippen LogP contribution in [0.2, 0.25) is 0 Å². The highest BCUT2D eigenvalue weighted by Crippen LogP contribution is 2.27.